The van der Waals surface area contributed by atoms with E-state index in [2.05, 4.69) is 20.9 Å². The van der Waals surface area contributed by atoms with Crippen LogP contribution in [0.4, 0.5) is 10.5 Å². The van der Waals surface area contributed by atoms with Gasteiger partial charge in [0.15, 0.2) is 0 Å². The summed E-state index contributed by atoms with van der Waals surface area (Å²) in [7, 11) is 1.54. The molecule has 0 saturated carbocycles. The first-order chi connectivity index (χ1) is 17.0. The number of aromatic nitrogens is 1. The lowest BCUT2D eigenvalue weighted by Crippen LogP contribution is -2.38. The third-order valence-corrected chi connectivity index (χ3v) is 5.32. The summed E-state index contributed by atoms with van der Waals surface area (Å²) in [5.74, 6) is 1.26. The maximum absolute atomic E-state index is 12.5. The Labute approximate surface area is 215 Å². The Balaban J connectivity index is 1.58. The fourth-order valence-electron chi connectivity index (χ4n) is 3.02. The Kier molecular flexibility index (Phi) is 8.73. The van der Waals surface area contributed by atoms with E-state index in [9.17, 15) is 9.59 Å². The van der Waals surface area contributed by atoms with Crippen LogP contribution in [0.25, 0.3) is 0 Å². The lowest BCUT2D eigenvalue weighted by Gasteiger charge is -2.21. The van der Waals surface area contributed by atoms with E-state index < -0.39 is 11.6 Å². The van der Waals surface area contributed by atoms with Crippen molar-refractivity contribution in [3.63, 3.8) is 0 Å². The second-order valence-electron chi connectivity index (χ2n) is 8.88. The Hall–Kier alpha value is -3.82. The fourth-order valence-corrected chi connectivity index (χ4v) is 3.19. The van der Waals surface area contributed by atoms with Crippen LogP contribution in [0.3, 0.4) is 0 Å². The van der Waals surface area contributed by atoms with Gasteiger partial charge >= 0.3 is 6.03 Å². The molecule has 0 radical (unpaired) electrons. The van der Waals surface area contributed by atoms with Gasteiger partial charge in [0.2, 0.25) is 0 Å². The van der Waals surface area contributed by atoms with Crippen molar-refractivity contribution in [2.45, 2.75) is 32.9 Å². The number of hydrogen-bond donors (Lipinski definition) is 4. The zero-order valence-electron chi connectivity index (χ0n) is 20.6. The third kappa shape index (κ3) is 7.86. The van der Waals surface area contributed by atoms with Gasteiger partial charge in [0.05, 0.1) is 5.69 Å². The molecule has 190 valence electrons. The van der Waals surface area contributed by atoms with Crippen molar-refractivity contribution in [3.05, 3.63) is 76.6 Å². The van der Waals surface area contributed by atoms with Gasteiger partial charge in [-0.1, -0.05) is 23.7 Å². The standard InChI is InChI=1S/C26H30ClN5O4/c1-16-11-23(35-15-26(2,3)28)21(13-20(16)27)32-25(34)31-14-17-5-7-18(8-6-17)36-19-9-10-30-22(12-19)24(33)29-4/h5-13H,14-15,28H2,1-4H3,(H,29,33)(H2,31,32,34). The van der Waals surface area contributed by atoms with E-state index in [1.54, 1.807) is 36.4 Å². The van der Waals surface area contributed by atoms with E-state index in [4.69, 9.17) is 26.8 Å². The second kappa shape index (κ2) is 11.7. The molecule has 5 N–H and O–H groups in total. The van der Waals surface area contributed by atoms with Crippen molar-refractivity contribution < 1.29 is 19.1 Å². The molecular formula is C26H30ClN5O4. The molecule has 0 unspecified atom stereocenters. The normalized spacial score (nSPS) is 10.9. The average Bonchev–Trinajstić information content (AvgIpc) is 2.84. The van der Waals surface area contributed by atoms with Crippen LogP contribution in [0.5, 0.6) is 17.2 Å². The molecule has 10 heteroatoms. The highest BCUT2D eigenvalue weighted by atomic mass is 35.5. The first kappa shape index (κ1) is 26.8. The van der Waals surface area contributed by atoms with E-state index in [1.165, 1.54) is 13.2 Å². The Morgan fingerprint density at radius 3 is 2.47 bits per heavy atom. The molecule has 1 heterocycles. The molecule has 0 aliphatic carbocycles. The molecule has 0 aliphatic heterocycles. The number of ether oxygens (including phenoxy) is 2. The minimum atomic E-state index is -0.535. The molecule has 0 fully saturated rings. The molecule has 3 rings (SSSR count). The number of carbonyl (C=O) groups excluding carboxylic acids is 2. The van der Waals surface area contributed by atoms with Crippen LogP contribution >= 0.6 is 11.6 Å². The molecule has 0 aliphatic rings. The van der Waals surface area contributed by atoms with Crippen LogP contribution in [-0.4, -0.2) is 36.1 Å². The number of carbonyl (C=O) groups is 2. The van der Waals surface area contributed by atoms with Crippen molar-refractivity contribution in [1.29, 1.82) is 0 Å². The molecule has 9 nitrogen and oxygen atoms in total. The summed E-state index contributed by atoms with van der Waals surface area (Å²) < 4.78 is 11.6. The predicted octanol–water partition coefficient (Wildman–Crippen LogP) is 4.63. The Morgan fingerprint density at radius 2 is 1.81 bits per heavy atom. The van der Waals surface area contributed by atoms with Gasteiger partial charge in [-0.2, -0.15) is 0 Å². The van der Waals surface area contributed by atoms with Gasteiger partial charge in [-0.3, -0.25) is 9.78 Å². The van der Waals surface area contributed by atoms with E-state index in [1.807, 2.05) is 32.9 Å². The molecule has 3 amide bonds. The lowest BCUT2D eigenvalue weighted by atomic mass is 10.1. The number of amides is 3. The molecular weight excluding hydrogens is 482 g/mol. The zero-order chi connectivity index (χ0) is 26.3. The van der Waals surface area contributed by atoms with Gasteiger partial charge in [-0.25, -0.2) is 4.79 Å². The summed E-state index contributed by atoms with van der Waals surface area (Å²) in [5.41, 5.74) is 7.88. The minimum absolute atomic E-state index is 0.261. The molecule has 0 atom stereocenters. The number of anilines is 1. The molecule has 2 aromatic carbocycles. The van der Waals surface area contributed by atoms with E-state index in [0.717, 1.165) is 11.1 Å². The second-order valence-corrected chi connectivity index (χ2v) is 9.29. The maximum atomic E-state index is 12.5. The van der Waals surface area contributed by atoms with Gasteiger partial charge in [0, 0.05) is 36.4 Å². The van der Waals surface area contributed by atoms with Crippen LogP contribution in [-0.2, 0) is 6.54 Å². The average molecular weight is 512 g/mol. The minimum Gasteiger partial charge on any atom is -0.490 e. The van der Waals surface area contributed by atoms with E-state index in [0.29, 0.717) is 28.0 Å². The van der Waals surface area contributed by atoms with Crippen molar-refractivity contribution in [2.75, 3.05) is 19.0 Å². The Morgan fingerprint density at radius 1 is 1.08 bits per heavy atom. The van der Waals surface area contributed by atoms with Gasteiger partial charge < -0.3 is 31.2 Å². The third-order valence-electron chi connectivity index (χ3n) is 4.91. The lowest BCUT2D eigenvalue weighted by molar-refractivity contribution is 0.0957. The predicted molar refractivity (Wildman–Crippen MR) is 140 cm³/mol. The fraction of sp³-hybridized carbons (Fsp3) is 0.269. The Bertz CT molecular complexity index is 1230. The van der Waals surface area contributed by atoms with Gasteiger partial charge in [-0.15, -0.1) is 0 Å². The van der Waals surface area contributed by atoms with E-state index in [-0.39, 0.29) is 24.8 Å². The summed E-state index contributed by atoms with van der Waals surface area (Å²) in [6.07, 6.45) is 1.51. The van der Waals surface area contributed by atoms with Crippen LogP contribution in [0.2, 0.25) is 5.02 Å². The number of hydrogen-bond acceptors (Lipinski definition) is 6. The number of rotatable bonds is 9. The topological polar surface area (TPSA) is 128 Å². The molecule has 0 spiro atoms. The first-order valence-electron chi connectivity index (χ1n) is 11.3. The van der Waals surface area contributed by atoms with Crippen molar-refractivity contribution in [2.24, 2.45) is 5.73 Å². The summed E-state index contributed by atoms with van der Waals surface area (Å²) in [5, 5.41) is 8.63. The number of nitrogens with zero attached hydrogens (tertiary/aromatic N) is 1. The van der Waals surface area contributed by atoms with Gasteiger partial charge in [-0.05, 0) is 62.2 Å². The highest BCUT2D eigenvalue weighted by molar-refractivity contribution is 6.31. The van der Waals surface area contributed by atoms with Gasteiger partial charge in [0.1, 0.15) is 29.5 Å². The summed E-state index contributed by atoms with van der Waals surface area (Å²) in [6, 6.07) is 13.4. The molecule has 3 aromatic rings. The van der Waals surface area contributed by atoms with Crippen molar-refractivity contribution >= 4 is 29.2 Å². The number of urea groups is 1. The summed E-state index contributed by atoms with van der Waals surface area (Å²) >= 11 is 6.25. The first-order valence-corrected chi connectivity index (χ1v) is 11.6. The number of nitrogens with one attached hydrogen (secondary N) is 3. The summed E-state index contributed by atoms with van der Waals surface area (Å²) in [4.78, 5) is 28.3. The highest BCUT2D eigenvalue weighted by Crippen LogP contribution is 2.31. The highest BCUT2D eigenvalue weighted by Gasteiger charge is 2.16. The number of halogens is 1. The molecule has 0 saturated heterocycles. The number of pyridine rings is 1. The van der Waals surface area contributed by atoms with Crippen LogP contribution in [0.1, 0.15) is 35.5 Å². The monoisotopic (exact) mass is 511 g/mol. The largest absolute Gasteiger partial charge is 0.490 e. The van der Waals surface area contributed by atoms with Crippen molar-refractivity contribution in [3.8, 4) is 17.2 Å². The number of benzene rings is 2. The van der Waals surface area contributed by atoms with Crippen LogP contribution in [0, 0.1) is 6.92 Å². The van der Waals surface area contributed by atoms with Crippen molar-refractivity contribution in [1.82, 2.24) is 15.6 Å². The molecule has 1 aromatic heterocycles. The van der Waals surface area contributed by atoms with Crippen LogP contribution < -0.4 is 31.2 Å². The molecule has 36 heavy (non-hydrogen) atoms. The number of nitrogens with two attached hydrogens (primary N) is 1. The van der Waals surface area contributed by atoms with Crippen LogP contribution in [0.15, 0.2) is 54.7 Å². The smallest absolute Gasteiger partial charge is 0.319 e. The molecule has 0 bridgehead atoms. The van der Waals surface area contributed by atoms with Gasteiger partial charge in [0.25, 0.3) is 5.91 Å². The quantitative estimate of drug-likeness (QED) is 0.331. The summed E-state index contributed by atoms with van der Waals surface area (Å²) in [6.45, 7) is 6.12. The number of aryl methyl sites for hydroxylation is 1. The SMILES string of the molecule is CNC(=O)c1cc(Oc2ccc(CNC(=O)Nc3cc(Cl)c(C)cc3OCC(C)(C)N)cc2)ccn1. The maximum Gasteiger partial charge on any atom is 0.319 e. The zero-order valence-corrected chi connectivity index (χ0v) is 21.4. The van der Waals surface area contributed by atoms with E-state index >= 15 is 0 Å².